The van der Waals surface area contributed by atoms with Gasteiger partial charge in [0.15, 0.2) is 11.5 Å². The van der Waals surface area contributed by atoms with E-state index in [1.807, 2.05) is 50.2 Å². The molecule has 3 aromatic carbocycles. The quantitative estimate of drug-likeness (QED) is 0.459. The SMILES string of the molecule is COc1ccc([C@H](C)NC(=O)[C@H](Cc2ccccc2)NS(=O)(=O)c2ccc(C)cc2)cc1OC. The summed E-state index contributed by atoms with van der Waals surface area (Å²) < 4.78 is 39.3. The summed E-state index contributed by atoms with van der Waals surface area (Å²) in [5.41, 5.74) is 2.58. The van der Waals surface area contributed by atoms with Crippen molar-refractivity contribution in [1.29, 1.82) is 0 Å². The molecule has 34 heavy (non-hydrogen) atoms. The zero-order valence-corrected chi connectivity index (χ0v) is 20.6. The average molecular weight is 483 g/mol. The first-order valence-corrected chi connectivity index (χ1v) is 12.4. The van der Waals surface area contributed by atoms with E-state index in [-0.39, 0.29) is 11.3 Å². The summed E-state index contributed by atoms with van der Waals surface area (Å²) in [6, 6.07) is 19.8. The van der Waals surface area contributed by atoms with Gasteiger partial charge in [-0.25, -0.2) is 8.42 Å². The van der Waals surface area contributed by atoms with Crippen LogP contribution in [0.15, 0.2) is 77.7 Å². The fraction of sp³-hybridized carbons (Fsp3) is 0.269. The first kappa shape index (κ1) is 25.3. The van der Waals surface area contributed by atoms with Gasteiger partial charge in [0.05, 0.1) is 25.2 Å². The Hall–Kier alpha value is -3.36. The molecule has 7 nitrogen and oxygen atoms in total. The van der Waals surface area contributed by atoms with Gasteiger partial charge in [0.25, 0.3) is 0 Å². The molecule has 3 aromatic rings. The Bertz CT molecular complexity index is 1210. The zero-order valence-electron chi connectivity index (χ0n) is 19.7. The van der Waals surface area contributed by atoms with E-state index in [2.05, 4.69) is 10.0 Å². The molecule has 0 saturated carbocycles. The van der Waals surface area contributed by atoms with Gasteiger partial charge in [0, 0.05) is 0 Å². The van der Waals surface area contributed by atoms with Gasteiger partial charge in [-0.3, -0.25) is 4.79 Å². The van der Waals surface area contributed by atoms with Crippen LogP contribution in [0.3, 0.4) is 0 Å². The zero-order chi connectivity index (χ0) is 24.7. The summed E-state index contributed by atoms with van der Waals surface area (Å²) in [5, 5.41) is 2.93. The van der Waals surface area contributed by atoms with E-state index in [1.54, 1.807) is 38.5 Å². The molecular weight excluding hydrogens is 452 g/mol. The molecular formula is C26H30N2O5S. The molecule has 1 amide bonds. The van der Waals surface area contributed by atoms with Crippen molar-refractivity contribution in [3.8, 4) is 11.5 Å². The minimum Gasteiger partial charge on any atom is -0.493 e. The summed E-state index contributed by atoms with van der Waals surface area (Å²) in [7, 11) is -0.814. The Morgan fingerprint density at radius 1 is 0.912 bits per heavy atom. The van der Waals surface area contributed by atoms with Crippen molar-refractivity contribution in [3.63, 3.8) is 0 Å². The Labute approximate surface area is 201 Å². The van der Waals surface area contributed by atoms with Crippen LogP contribution in [0.1, 0.15) is 29.7 Å². The van der Waals surface area contributed by atoms with Crippen molar-refractivity contribution in [2.45, 2.75) is 37.2 Å². The fourth-order valence-electron chi connectivity index (χ4n) is 3.53. The number of hydrogen-bond donors (Lipinski definition) is 2. The molecule has 8 heteroatoms. The Kier molecular flexibility index (Phi) is 8.31. The van der Waals surface area contributed by atoms with Crippen LogP contribution < -0.4 is 19.5 Å². The minimum atomic E-state index is -3.91. The normalized spacial score (nSPS) is 13.1. The first-order chi connectivity index (χ1) is 16.2. The molecule has 2 atom stereocenters. The van der Waals surface area contributed by atoms with Crippen LogP contribution in [0, 0.1) is 6.92 Å². The number of hydrogen-bond acceptors (Lipinski definition) is 5. The van der Waals surface area contributed by atoms with Crippen molar-refractivity contribution in [2.24, 2.45) is 0 Å². The number of aryl methyl sites for hydroxylation is 1. The van der Waals surface area contributed by atoms with Crippen molar-refractivity contribution >= 4 is 15.9 Å². The van der Waals surface area contributed by atoms with Crippen molar-refractivity contribution in [2.75, 3.05) is 14.2 Å². The monoisotopic (exact) mass is 482 g/mol. The topological polar surface area (TPSA) is 93.7 Å². The highest BCUT2D eigenvalue weighted by atomic mass is 32.2. The molecule has 0 unspecified atom stereocenters. The number of methoxy groups -OCH3 is 2. The van der Waals surface area contributed by atoms with Gasteiger partial charge in [0.1, 0.15) is 6.04 Å². The lowest BCUT2D eigenvalue weighted by Crippen LogP contribution is -2.48. The van der Waals surface area contributed by atoms with Gasteiger partial charge in [0.2, 0.25) is 15.9 Å². The molecule has 0 aromatic heterocycles. The highest BCUT2D eigenvalue weighted by Gasteiger charge is 2.27. The summed E-state index contributed by atoms with van der Waals surface area (Å²) >= 11 is 0. The van der Waals surface area contributed by atoms with E-state index in [1.165, 1.54) is 12.1 Å². The number of nitrogens with one attached hydrogen (secondary N) is 2. The van der Waals surface area contributed by atoms with Crippen molar-refractivity contribution in [3.05, 3.63) is 89.5 Å². The molecule has 0 spiro atoms. The van der Waals surface area contributed by atoms with Crippen LogP contribution in [0.5, 0.6) is 11.5 Å². The third-order valence-corrected chi connectivity index (χ3v) is 6.98. The molecule has 0 aliphatic rings. The summed E-state index contributed by atoms with van der Waals surface area (Å²) in [6.45, 7) is 3.71. The number of carbonyl (C=O) groups is 1. The molecule has 3 rings (SSSR count). The molecule has 0 radical (unpaired) electrons. The van der Waals surface area contributed by atoms with Gasteiger partial charge in [-0.2, -0.15) is 4.72 Å². The smallest absolute Gasteiger partial charge is 0.241 e. The van der Waals surface area contributed by atoms with Crippen LogP contribution in [-0.4, -0.2) is 34.6 Å². The average Bonchev–Trinajstić information content (AvgIpc) is 2.83. The molecule has 0 heterocycles. The largest absolute Gasteiger partial charge is 0.493 e. The maximum Gasteiger partial charge on any atom is 0.241 e. The van der Waals surface area contributed by atoms with Crippen molar-refractivity contribution in [1.82, 2.24) is 10.0 Å². The van der Waals surface area contributed by atoms with E-state index >= 15 is 0 Å². The minimum absolute atomic E-state index is 0.108. The Balaban J connectivity index is 1.83. The van der Waals surface area contributed by atoms with Crippen molar-refractivity contribution < 1.29 is 22.7 Å². The third-order valence-electron chi connectivity index (χ3n) is 5.49. The number of amides is 1. The second-order valence-corrected chi connectivity index (χ2v) is 9.74. The second-order valence-electron chi connectivity index (χ2n) is 8.02. The summed E-state index contributed by atoms with van der Waals surface area (Å²) in [4.78, 5) is 13.4. The molecule has 2 N–H and O–H groups in total. The lowest BCUT2D eigenvalue weighted by atomic mass is 10.0. The molecule has 0 aliphatic heterocycles. The van der Waals surface area contributed by atoms with E-state index in [0.717, 1.165) is 16.7 Å². The van der Waals surface area contributed by atoms with E-state index < -0.39 is 28.0 Å². The maximum absolute atomic E-state index is 13.3. The highest BCUT2D eigenvalue weighted by molar-refractivity contribution is 7.89. The van der Waals surface area contributed by atoms with Crippen LogP contribution in [-0.2, 0) is 21.2 Å². The molecule has 0 bridgehead atoms. The predicted molar refractivity (Wildman–Crippen MR) is 132 cm³/mol. The lowest BCUT2D eigenvalue weighted by molar-refractivity contribution is -0.123. The van der Waals surface area contributed by atoms with Crippen LogP contribution in [0.25, 0.3) is 0 Å². The summed E-state index contributed by atoms with van der Waals surface area (Å²) in [5.74, 6) is 0.696. The molecule has 0 fully saturated rings. The van der Waals surface area contributed by atoms with Gasteiger partial charge in [-0.1, -0.05) is 54.1 Å². The lowest BCUT2D eigenvalue weighted by Gasteiger charge is -2.22. The third kappa shape index (κ3) is 6.36. The van der Waals surface area contributed by atoms with E-state index in [9.17, 15) is 13.2 Å². The first-order valence-electron chi connectivity index (χ1n) is 10.9. The number of carbonyl (C=O) groups excluding carboxylic acids is 1. The van der Waals surface area contributed by atoms with E-state index in [0.29, 0.717) is 11.5 Å². The standard InChI is InChI=1S/C26H30N2O5S/c1-18-10-13-22(14-11-18)34(30,31)28-23(16-20-8-6-5-7-9-20)26(29)27-19(2)21-12-15-24(32-3)25(17-21)33-4/h5-15,17,19,23,28H,16H2,1-4H3,(H,27,29)/t19-,23-/m0/s1. The summed E-state index contributed by atoms with van der Waals surface area (Å²) in [6.07, 6.45) is 0.205. The van der Waals surface area contributed by atoms with Crippen LogP contribution in [0.4, 0.5) is 0 Å². The number of ether oxygens (including phenoxy) is 2. The number of sulfonamides is 1. The Morgan fingerprint density at radius 2 is 1.56 bits per heavy atom. The molecule has 0 aliphatic carbocycles. The molecule has 180 valence electrons. The number of rotatable bonds is 10. The van der Waals surface area contributed by atoms with Gasteiger partial charge < -0.3 is 14.8 Å². The predicted octanol–water partition coefficient (Wildman–Crippen LogP) is 3.78. The van der Waals surface area contributed by atoms with Gasteiger partial charge >= 0.3 is 0 Å². The Morgan fingerprint density at radius 3 is 2.18 bits per heavy atom. The van der Waals surface area contributed by atoms with Crippen LogP contribution in [0.2, 0.25) is 0 Å². The van der Waals surface area contributed by atoms with E-state index in [4.69, 9.17) is 9.47 Å². The number of benzene rings is 3. The fourth-order valence-corrected chi connectivity index (χ4v) is 4.73. The maximum atomic E-state index is 13.3. The highest BCUT2D eigenvalue weighted by Crippen LogP contribution is 2.30. The van der Waals surface area contributed by atoms with Gasteiger partial charge in [-0.05, 0) is 55.7 Å². The van der Waals surface area contributed by atoms with Gasteiger partial charge in [-0.15, -0.1) is 0 Å². The van der Waals surface area contributed by atoms with Crippen LogP contribution >= 0.6 is 0 Å². The second kappa shape index (κ2) is 11.2. The molecule has 0 saturated heterocycles.